The number of para-hydroxylation sites is 1. The minimum atomic E-state index is -0.104. The van der Waals surface area contributed by atoms with Gasteiger partial charge < -0.3 is 0 Å². The van der Waals surface area contributed by atoms with Crippen LogP contribution in [-0.4, -0.2) is 22.0 Å². The Morgan fingerprint density at radius 3 is 2.23 bits per heavy atom. The van der Waals surface area contributed by atoms with Crippen LogP contribution in [-0.2, 0) is 6.42 Å². The Hall–Kier alpha value is -3.37. The Labute approximate surface area is 180 Å². The Morgan fingerprint density at radius 1 is 0.933 bits per heavy atom. The molecule has 1 N–H and O–H groups in total. The van der Waals surface area contributed by atoms with Crippen molar-refractivity contribution < 1.29 is 0 Å². The molecule has 0 radical (unpaired) electrons. The van der Waals surface area contributed by atoms with E-state index in [1.807, 2.05) is 91.9 Å². The lowest BCUT2D eigenvalue weighted by Gasteiger charge is -2.03. The van der Waals surface area contributed by atoms with Gasteiger partial charge in [-0.15, -0.1) is 0 Å². The van der Waals surface area contributed by atoms with Crippen molar-refractivity contribution in [2.24, 2.45) is 4.99 Å². The molecule has 4 nitrogen and oxygen atoms in total. The van der Waals surface area contributed by atoms with E-state index in [0.29, 0.717) is 12.1 Å². The van der Waals surface area contributed by atoms with E-state index >= 15 is 0 Å². The zero-order chi connectivity index (χ0) is 20.9. The maximum absolute atomic E-state index is 13.3. The lowest BCUT2D eigenvalue weighted by molar-refractivity contribution is 0.852. The summed E-state index contributed by atoms with van der Waals surface area (Å²) >= 11 is 5.95. The predicted molar refractivity (Wildman–Crippen MR) is 124 cm³/mol. The number of hydrogen-bond acceptors (Lipinski definition) is 2. The van der Waals surface area contributed by atoms with Gasteiger partial charge in [0.15, 0.2) is 0 Å². The van der Waals surface area contributed by atoms with Gasteiger partial charge in [-0.3, -0.25) is 14.9 Å². The lowest BCUT2D eigenvalue weighted by Crippen LogP contribution is -2.19. The minimum Gasteiger partial charge on any atom is -0.290 e. The van der Waals surface area contributed by atoms with Crippen molar-refractivity contribution in [1.82, 2.24) is 9.78 Å². The fraction of sp³-hybridized carbons (Fsp3) is 0.120. The van der Waals surface area contributed by atoms with Crippen LogP contribution in [0.3, 0.4) is 0 Å². The second-order valence-corrected chi connectivity index (χ2v) is 7.48. The number of halogens is 1. The third-order valence-corrected chi connectivity index (χ3v) is 5.24. The highest BCUT2D eigenvalue weighted by Crippen LogP contribution is 2.21. The summed E-state index contributed by atoms with van der Waals surface area (Å²) < 4.78 is 1.58. The van der Waals surface area contributed by atoms with E-state index in [1.165, 1.54) is 0 Å². The van der Waals surface area contributed by atoms with E-state index < -0.39 is 0 Å². The van der Waals surface area contributed by atoms with Crippen LogP contribution in [0.1, 0.15) is 18.1 Å². The predicted octanol–water partition coefficient (Wildman–Crippen LogP) is 5.54. The zero-order valence-corrected chi connectivity index (χ0v) is 17.4. The Kier molecular flexibility index (Phi) is 5.96. The van der Waals surface area contributed by atoms with Gasteiger partial charge >= 0.3 is 0 Å². The number of aromatic nitrogens is 2. The van der Waals surface area contributed by atoms with Crippen LogP contribution in [0.25, 0.3) is 16.9 Å². The Balaban J connectivity index is 1.71. The van der Waals surface area contributed by atoms with Gasteiger partial charge in [-0.25, -0.2) is 4.68 Å². The standard InChI is InChI=1S/C25H22ClN3O/c1-18(27-17-16-19-12-14-21(26)15-13-19)23-24(20-8-4-2-5-9-20)28-29(25(23)30)22-10-6-3-7-11-22/h2-15,28H,16-17H2,1H3. The van der Waals surface area contributed by atoms with Crippen LogP contribution in [0.2, 0.25) is 5.02 Å². The molecule has 0 atom stereocenters. The molecule has 1 heterocycles. The van der Waals surface area contributed by atoms with Gasteiger partial charge in [-0.1, -0.05) is 72.3 Å². The van der Waals surface area contributed by atoms with Gasteiger partial charge in [0.05, 0.1) is 16.9 Å². The van der Waals surface area contributed by atoms with E-state index in [4.69, 9.17) is 16.6 Å². The summed E-state index contributed by atoms with van der Waals surface area (Å²) in [4.78, 5) is 18.0. The monoisotopic (exact) mass is 415 g/mol. The summed E-state index contributed by atoms with van der Waals surface area (Å²) in [6.07, 6.45) is 0.784. The van der Waals surface area contributed by atoms with Crippen molar-refractivity contribution in [3.63, 3.8) is 0 Å². The van der Waals surface area contributed by atoms with Crippen LogP contribution in [0.4, 0.5) is 0 Å². The van der Waals surface area contributed by atoms with E-state index in [-0.39, 0.29) is 5.56 Å². The van der Waals surface area contributed by atoms with Gasteiger partial charge in [0.1, 0.15) is 0 Å². The summed E-state index contributed by atoms with van der Waals surface area (Å²) in [5.74, 6) is 0. The van der Waals surface area contributed by atoms with Gasteiger partial charge in [0, 0.05) is 22.8 Å². The van der Waals surface area contributed by atoms with E-state index in [2.05, 4.69) is 5.10 Å². The summed E-state index contributed by atoms with van der Waals surface area (Å²) in [6, 6.07) is 27.2. The molecule has 0 bridgehead atoms. The van der Waals surface area contributed by atoms with Gasteiger partial charge in [0.25, 0.3) is 5.56 Å². The van der Waals surface area contributed by atoms with E-state index in [1.54, 1.807) is 4.68 Å². The maximum Gasteiger partial charge on any atom is 0.280 e. The highest BCUT2D eigenvalue weighted by atomic mass is 35.5. The molecule has 4 rings (SSSR count). The molecular formula is C25H22ClN3O. The smallest absolute Gasteiger partial charge is 0.280 e. The summed E-state index contributed by atoms with van der Waals surface area (Å²) in [5, 5.41) is 4.01. The zero-order valence-electron chi connectivity index (χ0n) is 16.7. The number of nitrogens with one attached hydrogen (secondary N) is 1. The molecule has 4 aromatic rings. The Bertz CT molecular complexity index is 1210. The normalized spacial score (nSPS) is 11.6. The van der Waals surface area contributed by atoms with Crippen molar-refractivity contribution in [3.8, 4) is 16.9 Å². The molecule has 30 heavy (non-hydrogen) atoms. The van der Waals surface area contributed by atoms with Crippen molar-refractivity contribution >= 4 is 17.3 Å². The third kappa shape index (κ3) is 4.29. The molecule has 1 aromatic heterocycles. The molecule has 0 amide bonds. The van der Waals surface area contributed by atoms with E-state index in [9.17, 15) is 4.79 Å². The van der Waals surface area contributed by atoms with Gasteiger partial charge in [0.2, 0.25) is 0 Å². The van der Waals surface area contributed by atoms with Crippen LogP contribution in [0.5, 0.6) is 0 Å². The third-order valence-electron chi connectivity index (χ3n) is 4.99. The first-order chi connectivity index (χ1) is 14.6. The summed E-state index contributed by atoms with van der Waals surface area (Å²) in [7, 11) is 0. The van der Waals surface area contributed by atoms with Crippen molar-refractivity contribution in [2.75, 3.05) is 6.54 Å². The molecule has 0 saturated heterocycles. The lowest BCUT2D eigenvalue weighted by atomic mass is 10.1. The topological polar surface area (TPSA) is 50.1 Å². The van der Waals surface area contributed by atoms with Gasteiger partial charge in [-0.2, -0.15) is 0 Å². The fourth-order valence-electron chi connectivity index (χ4n) is 3.43. The Morgan fingerprint density at radius 2 is 1.57 bits per heavy atom. The second kappa shape index (κ2) is 8.97. The SMILES string of the molecule is CC(=NCCc1ccc(Cl)cc1)c1c(-c2ccccc2)[nH]n(-c2ccccc2)c1=O. The number of hydrogen-bond donors (Lipinski definition) is 1. The number of benzene rings is 3. The molecular weight excluding hydrogens is 394 g/mol. The molecule has 0 aliphatic heterocycles. The number of H-pyrrole nitrogens is 1. The maximum atomic E-state index is 13.3. The molecule has 0 spiro atoms. The molecule has 0 unspecified atom stereocenters. The van der Waals surface area contributed by atoms with Crippen LogP contribution in [0, 0.1) is 0 Å². The largest absolute Gasteiger partial charge is 0.290 e. The molecule has 0 aliphatic carbocycles. The fourth-order valence-corrected chi connectivity index (χ4v) is 3.55. The molecule has 150 valence electrons. The van der Waals surface area contributed by atoms with Crippen LogP contribution < -0.4 is 5.56 Å². The highest BCUT2D eigenvalue weighted by Gasteiger charge is 2.18. The summed E-state index contributed by atoms with van der Waals surface area (Å²) in [5.41, 5.74) is 4.89. The minimum absolute atomic E-state index is 0.104. The van der Waals surface area contributed by atoms with Crippen LogP contribution >= 0.6 is 11.6 Å². The molecule has 3 aromatic carbocycles. The first-order valence-electron chi connectivity index (χ1n) is 9.85. The number of aliphatic imine (C=N–C) groups is 1. The summed E-state index contributed by atoms with van der Waals surface area (Å²) in [6.45, 7) is 2.49. The van der Waals surface area contributed by atoms with E-state index in [0.717, 1.165) is 39.7 Å². The average molecular weight is 416 g/mol. The van der Waals surface area contributed by atoms with Gasteiger partial charge in [-0.05, 0) is 43.2 Å². The van der Waals surface area contributed by atoms with Crippen molar-refractivity contribution in [3.05, 3.63) is 111 Å². The molecule has 0 aliphatic rings. The number of nitrogens with zero attached hydrogens (tertiary/aromatic N) is 2. The molecule has 0 saturated carbocycles. The number of aromatic amines is 1. The van der Waals surface area contributed by atoms with Crippen molar-refractivity contribution in [2.45, 2.75) is 13.3 Å². The van der Waals surface area contributed by atoms with Crippen molar-refractivity contribution in [1.29, 1.82) is 0 Å². The number of rotatable bonds is 6. The van der Waals surface area contributed by atoms with Crippen LogP contribution in [0.15, 0.2) is 94.7 Å². The highest BCUT2D eigenvalue weighted by molar-refractivity contribution is 6.30. The molecule has 0 fully saturated rings. The first kappa shape index (κ1) is 19.9. The first-order valence-corrected chi connectivity index (χ1v) is 10.2. The second-order valence-electron chi connectivity index (χ2n) is 7.05. The average Bonchev–Trinajstić information content (AvgIpc) is 3.13. The molecule has 5 heteroatoms. The quantitative estimate of drug-likeness (QED) is 0.413.